The Morgan fingerprint density at radius 3 is 1.28 bits per heavy atom. The topological polar surface area (TPSA) is 60.7 Å². The molecule has 1 rings (SSSR count). The molecule has 108 valence electrons. The fourth-order valence-electron chi connectivity index (χ4n) is 0.869. The van der Waals surface area contributed by atoms with Crippen LogP contribution in [0.3, 0.4) is 0 Å². The molecular weight excluding hydrogens is 264 g/mol. The molecule has 0 aromatic heterocycles. The maximum absolute atomic E-state index is 7.57. The fourth-order valence-corrected chi connectivity index (χ4v) is 0.869. The summed E-state index contributed by atoms with van der Waals surface area (Å²) in [6.07, 6.45) is 2.48. The number of hydrogen-bond acceptors (Lipinski definition) is 3. The molecule has 1 aromatic rings. The molecule has 18 heavy (non-hydrogen) atoms. The minimum absolute atomic E-state index is 0. The summed E-state index contributed by atoms with van der Waals surface area (Å²) in [6.45, 7) is 7.99. The molecule has 0 amide bonds. The van der Waals surface area contributed by atoms with E-state index in [1.54, 1.807) is 20.8 Å². The molecular formula is C14H29O3Ti-. The van der Waals surface area contributed by atoms with Crippen LogP contribution in [0.2, 0.25) is 0 Å². The van der Waals surface area contributed by atoms with Gasteiger partial charge < -0.3 is 15.3 Å². The van der Waals surface area contributed by atoms with Crippen molar-refractivity contribution in [2.24, 2.45) is 0 Å². The molecule has 0 unspecified atom stereocenters. The molecule has 0 radical (unpaired) electrons. The van der Waals surface area contributed by atoms with Crippen LogP contribution in [-0.4, -0.2) is 35.1 Å². The maximum atomic E-state index is 7.57. The van der Waals surface area contributed by atoms with Gasteiger partial charge in [0, 0.05) is 41.5 Å². The second-order valence-electron chi connectivity index (χ2n) is 2.99. The van der Waals surface area contributed by atoms with Gasteiger partial charge in [-0.1, -0.05) is 19.8 Å². The standard InChI is InChI=1S/C8H11.3C2H6O.Ti/c1-2-5-8-6-3-4-7-8;3*1-2-3;/h3-4,6-7H,2,5H2,1H3;3*3H,2H2,1H3;/q-1;;;;. The molecule has 0 saturated heterocycles. The Labute approximate surface area is 127 Å². The molecule has 0 bridgehead atoms. The molecule has 4 heteroatoms. The van der Waals surface area contributed by atoms with Gasteiger partial charge in [-0.3, -0.25) is 0 Å². The Kier molecular flexibility index (Phi) is 44.4. The third-order valence-corrected chi connectivity index (χ3v) is 1.27. The van der Waals surface area contributed by atoms with Crippen molar-refractivity contribution in [1.82, 2.24) is 0 Å². The van der Waals surface area contributed by atoms with Gasteiger partial charge in [0.25, 0.3) is 0 Å². The molecule has 3 nitrogen and oxygen atoms in total. The maximum Gasteiger partial charge on any atom is 0.0402 e. The van der Waals surface area contributed by atoms with E-state index in [2.05, 4.69) is 31.2 Å². The summed E-state index contributed by atoms with van der Waals surface area (Å²) in [4.78, 5) is 0. The van der Waals surface area contributed by atoms with Crippen LogP contribution in [0, 0.1) is 0 Å². The summed E-state index contributed by atoms with van der Waals surface area (Å²) in [6, 6.07) is 8.52. The largest absolute Gasteiger partial charge is 0.397 e. The first kappa shape index (κ1) is 26.5. The SMILES string of the molecule is CCC[c-]1cccc1.CCO.CCO.CCO.[Ti]. The monoisotopic (exact) mass is 293 g/mol. The van der Waals surface area contributed by atoms with Crippen molar-refractivity contribution in [2.75, 3.05) is 19.8 Å². The average Bonchev–Trinajstić information content (AvgIpc) is 2.75. The summed E-state index contributed by atoms with van der Waals surface area (Å²) in [5.74, 6) is 0. The summed E-state index contributed by atoms with van der Waals surface area (Å²) < 4.78 is 0. The zero-order chi connectivity index (χ0) is 13.9. The van der Waals surface area contributed by atoms with E-state index in [1.807, 2.05) is 0 Å². The van der Waals surface area contributed by atoms with Crippen molar-refractivity contribution < 1.29 is 37.0 Å². The normalized spacial score (nSPS) is 7.28. The van der Waals surface area contributed by atoms with Crippen LogP contribution in [0.25, 0.3) is 0 Å². The number of rotatable bonds is 2. The Bertz CT molecular complexity index is 172. The summed E-state index contributed by atoms with van der Waals surface area (Å²) in [5.41, 5.74) is 1.47. The molecule has 0 spiro atoms. The number of aryl methyl sites for hydroxylation is 1. The van der Waals surface area contributed by atoms with E-state index in [4.69, 9.17) is 15.3 Å². The minimum atomic E-state index is 0. The Morgan fingerprint density at radius 2 is 1.06 bits per heavy atom. The van der Waals surface area contributed by atoms with Gasteiger partial charge in [-0.15, -0.1) is 0 Å². The van der Waals surface area contributed by atoms with Gasteiger partial charge >= 0.3 is 0 Å². The molecule has 0 aliphatic rings. The molecule has 0 aliphatic carbocycles. The first-order chi connectivity index (χ1) is 8.17. The van der Waals surface area contributed by atoms with Crippen LogP contribution >= 0.6 is 0 Å². The Balaban J connectivity index is -0.0000000840. The zero-order valence-electron chi connectivity index (χ0n) is 12.2. The van der Waals surface area contributed by atoms with Gasteiger partial charge in [-0.25, -0.2) is 12.1 Å². The van der Waals surface area contributed by atoms with Crippen LogP contribution in [0.15, 0.2) is 24.3 Å². The summed E-state index contributed by atoms with van der Waals surface area (Å²) in [7, 11) is 0. The molecule has 0 fully saturated rings. The molecule has 0 aliphatic heterocycles. The van der Waals surface area contributed by atoms with Crippen LogP contribution in [0.5, 0.6) is 0 Å². The van der Waals surface area contributed by atoms with E-state index in [0.29, 0.717) is 0 Å². The first-order valence-corrected chi connectivity index (χ1v) is 6.21. The van der Waals surface area contributed by atoms with Gasteiger partial charge in [-0.2, -0.15) is 17.7 Å². The van der Waals surface area contributed by atoms with E-state index in [0.717, 1.165) is 0 Å². The molecule has 0 saturated carbocycles. The van der Waals surface area contributed by atoms with Gasteiger partial charge in [0.1, 0.15) is 0 Å². The molecule has 3 N–H and O–H groups in total. The predicted molar refractivity (Wildman–Crippen MR) is 74.3 cm³/mol. The summed E-state index contributed by atoms with van der Waals surface area (Å²) in [5, 5.41) is 22.7. The van der Waals surface area contributed by atoms with E-state index in [-0.39, 0.29) is 41.5 Å². The molecule has 0 heterocycles. The van der Waals surface area contributed by atoms with Crippen molar-refractivity contribution in [3.8, 4) is 0 Å². The van der Waals surface area contributed by atoms with Gasteiger partial charge in [-0.05, 0) is 20.8 Å². The quantitative estimate of drug-likeness (QED) is 0.579. The van der Waals surface area contributed by atoms with E-state index < -0.39 is 0 Å². The third-order valence-electron chi connectivity index (χ3n) is 1.27. The number of aliphatic hydroxyl groups is 3. The second kappa shape index (κ2) is 30.2. The molecule has 0 atom stereocenters. The van der Waals surface area contributed by atoms with Crippen molar-refractivity contribution in [3.05, 3.63) is 29.8 Å². The van der Waals surface area contributed by atoms with Crippen LogP contribution in [0.1, 0.15) is 39.7 Å². The predicted octanol–water partition coefficient (Wildman–Crippen LogP) is 2.35. The van der Waals surface area contributed by atoms with Crippen molar-refractivity contribution in [1.29, 1.82) is 0 Å². The summed E-state index contributed by atoms with van der Waals surface area (Å²) >= 11 is 0. The van der Waals surface area contributed by atoms with Crippen molar-refractivity contribution >= 4 is 0 Å². The molecule has 1 aromatic carbocycles. The number of hydrogen-bond donors (Lipinski definition) is 3. The van der Waals surface area contributed by atoms with E-state index in [9.17, 15) is 0 Å². The number of aliphatic hydroxyl groups excluding tert-OH is 3. The van der Waals surface area contributed by atoms with E-state index in [1.165, 1.54) is 18.4 Å². The van der Waals surface area contributed by atoms with Crippen molar-refractivity contribution in [3.63, 3.8) is 0 Å². The van der Waals surface area contributed by atoms with Crippen LogP contribution in [-0.2, 0) is 28.1 Å². The van der Waals surface area contributed by atoms with Crippen molar-refractivity contribution in [2.45, 2.75) is 40.5 Å². The smallest absolute Gasteiger partial charge is 0.0402 e. The Hall–Kier alpha value is -0.0557. The zero-order valence-corrected chi connectivity index (χ0v) is 13.7. The fraction of sp³-hybridized carbons (Fsp3) is 0.643. The van der Waals surface area contributed by atoms with Gasteiger partial charge in [0.2, 0.25) is 0 Å². The van der Waals surface area contributed by atoms with Crippen LogP contribution < -0.4 is 0 Å². The van der Waals surface area contributed by atoms with E-state index >= 15 is 0 Å². The van der Waals surface area contributed by atoms with Gasteiger partial charge in [0.05, 0.1) is 0 Å². The third kappa shape index (κ3) is 36.0. The second-order valence-corrected chi connectivity index (χ2v) is 2.99. The Morgan fingerprint density at radius 1 is 0.778 bits per heavy atom. The average molecular weight is 293 g/mol. The van der Waals surface area contributed by atoms with Crippen LogP contribution in [0.4, 0.5) is 0 Å². The minimum Gasteiger partial charge on any atom is -0.397 e. The first-order valence-electron chi connectivity index (χ1n) is 6.21. The van der Waals surface area contributed by atoms with Gasteiger partial charge in [0.15, 0.2) is 0 Å².